The number of aromatic nitrogens is 3. The number of hydrogen-bond acceptors (Lipinski definition) is 4. The smallest absolute Gasteiger partial charge is 0.317 e. The van der Waals surface area contributed by atoms with Crippen LogP contribution >= 0.6 is 0 Å². The zero-order valence-electron chi connectivity index (χ0n) is 11.5. The van der Waals surface area contributed by atoms with E-state index in [0.717, 1.165) is 0 Å². The molecular formula is C11H19N5O3. The molecule has 8 nitrogen and oxygen atoms in total. The summed E-state index contributed by atoms with van der Waals surface area (Å²) in [7, 11) is 3.34. The van der Waals surface area contributed by atoms with Gasteiger partial charge in [0.1, 0.15) is 6.33 Å². The van der Waals surface area contributed by atoms with Crippen LogP contribution in [0.5, 0.6) is 0 Å². The van der Waals surface area contributed by atoms with Crippen LogP contribution in [0.1, 0.15) is 25.7 Å². The second-order valence-corrected chi connectivity index (χ2v) is 4.59. The van der Waals surface area contributed by atoms with Crippen LogP contribution in [-0.2, 0) is 11.8 Å². The van der Waals surface area contributed by atoms with Crippen molar-refractivity contribution in [3.05, 3.63) is 12.2 Å². The lowest BCUT2D eigenvalue weighted by Gasteiger charge is -2.22. The lowest BCUT2D eigenvalue weighted by molar-refractivity contribution is -0.141. The Morgan fingerprint density at radius 1 is 1.53 bits per heavy atom. The quantitative estimate of drug-likeness (QED) is 0.797. The molecule has 0 aliphatic carbocycles. The maximum Gasteiger partial charge on any atom is 0.317 e. The maximum atomic E-state index is 11.9. The molecule has 19 heavy (non-hydrogen) atoms. The summed E-state index contributed by atoms with van der Waals surface area (Å²) in [6.45, 7) is 3.49. The fraction of sp³-hybridized carbons (Fsp3) is 0.636. The second-order valence-electron chi connectivity index (χ2n) is 4.59. The third-order valence-corrected chi connectivity index (χ3v) is 2.79. The number of aliphatic carboxylic acids is 1. The summed E-state index contributed by atoms with van der Waals surface area (Å²) in [5, 5.41) is 19.2. The summed E-state index contributed by atoms with van der Waals surface area (Å²) in [5.41, 5.74) is 0. The summed E-state index contributed by atoms with van der Waals surface area (Å²) < 4.78 is 1.71. The zero-order valence-corrected chi connectivity index (χ0v) is 11.5. The van der Waals surface area contributed by atoms with Crippen LogP contribution in [0.2, 0.25) is 0 Å². The van der Waals surface area contributed by atoms with Gasteiger partial charge in [0, 0.05) is 20.6 Å². The standard InChI is InChI=1S/C11H19N5O3/c1-7(10(17)18)5-15(3)11(19)13-8(2)9-14-12-6-16(9)4/h6-8H,5H2,1-4H3,(H,13,19)(H,17,18). The summed E-state index contributed by atoms with van der Waals surface area (Å²) in [6.07, 6.45) is 1.55. The molecule has 2 N–H and O–H groups in total. The number of urea groups is 1. The van der Waals surface area contributed by atoms with Gasteiger partial charge in [-0.15, -0.1) is 10.2 Å². The number of aryl methyl sites for hydroxylation is 1. The maximum absolute atomic E-state index is 11.9. The first kappa shape index (κ1) is 14.9. The Hall–Kier alpha value is -2.12. The Bertz CT molecular complexity index is 459. The Kier molecular flexibility index (Phi) is 4.85. The molecule has 0 aromatic carbocycles. The van der Waals surface area contributed by atoms with Crippen LogP contribution in [-0.4, -0.2) is 50.4 Å². The van der Waals surface area contributed by atoms with Crippen molar-refractivity contribution < 1.29 is 14.7 Å². The Morgan fingerprint density at radius 2 is 2.16 bits per heavy atom. The SMILES string of the molecule is CC(CN(C)C(=O)NC(C)c1nncn1C)C(=O)O. The Balaban J connectivity index is 2.55. The molecule has 1 aromatic heterocycles. The molecule has 106 valence electrons. The third-order valence-electron chi connectivity index (χ3n) is 2.79. The minimum absolute atomic E-state index is 0.146. The summed E-state index contributed by atoms with van der Waals surface area (Å²) in [4.78, 5) is 24.0. The van der Waals surface area contributed by atoms with Crippen molar-refractivity contribution in [1.82, 2.24) is 25.0 Å². The van der Waals surface area contributed by atoms with Gasteiger partial charge < -0.3 is 19.9 Å². The topological polar surface area (TPSA) is 100 Å². The molecule has 0 spiro atoms. The molecular weight excluding hydrogens is 250 g/mol. The van der Waals surface area contributed by atoms with Crippen molar-refractivity contribution >= 4 is 12.0 Å². The monoisotopic (exact) mass is 269 g/mol. The molecule has 0 fully saturated rings. The van der Waals surface area contributed by atoms with Gasteiger partial charge in [0.25, 0.3) is 0 Å². The van der Waals surface area contributed by atoms with E-state index in [1.54, 1.807) is 38.8 Å². The van der Waals surface area contributed by atoms with E-state index < -0.39 is 11.9 Å². The molecule has 0 aliphatic heterocycles. The van der Waals surface area contributed by atoms with Crippen molar-refractivity contribution in [2.75, 3.05) is 13.6 Å². The number of hydrogen-bond donors (Lipinski definition) is 2. The first-order valence-electron chi connectivity index (χ1n) is 5.91. The fourth-order valence-electron chi connectivity index (χ4n) is 1.62. The van der Waals surface area contributed by atoms with E-state index in [1.165, 1.54) is 4.90 Å². The molecule has 1 rings (SSSR count). The number of rotatable bonds is 5. The van der Waals surface area contributed by atoms with Gasteiger partial charge in [0.15, 0.2) is 5.82 Å². The van der Waals surface area contributed by atoms with E-state index in [-0.39, 0.29) is 18.6 Å². The van der Waals surface area contributed by atoms with Gasteiger partial charge in [0.05, 0.1) is 12.0 Å². The number of carboxylic acid groups (broad SMARTS) is 1. The van der Waals surface area contributed by atoms with E-state index in [4.69, 9.17) is 5.11 Å². The van der Waals surface area contributed by atoms with E-state index >= 15 is 0 Å². The molecule has 2 amide bonds. The van der Waals surface area contributed by atoms with E-state index in [2.05, 4.69) is 15.5 Å². The van der Waals surface area contributed by atoms with Crippen molar-refractivity contribution in [1.29, 1.82) is 0 Å². The highest BCUT2D eigenvalue weighted by Crippen LogP contribution is 2.08. The van der Waals surface area contributed by atoms with E-state index in [0.29, 0.717) is 5.82 Å². The van der Waals surface area contributed by atoms with Crippen molar-refractivity contribution in [3.63, 3.8) is 0 Å². The first-order chi connectivity index (χ1) is 8.82. The van der Waals surface area contributed by atoms with Crippen molar-refractivity contribution in [2.45, 2.75) is 19.9 Å². The number of nitrogens with zero attached hydrogens (tertiary/aromatic N) is 4. The lowest BCUT2D eigenvalue weighted by atomic mass is 10.2. The van der Waals surface area contributed by atoms with Crippen LogP contribution in [0.4, 0.5) is 4.79 Å². The lowest BCUT2D eigenvalue weighted by Crippen LogP contribution is -2.42. The molecule has 1 heterocycles. The third kappa shape index (κ3) is 3.94. The molecule has 2 unspecified atom stereocenters. The molecule has 0 radical (unpaired) electrons. The number of carbonyl (C=O) groups is 2. The van der Waals surface area contributed by atoms with Crippen LogP contribution < -0.4 is 5.32 Å². The summed E-state index contributed by atoms with van der Waals surface area (Å²) in [6, 6.07) is -0.647. The second kappa shape index (κ2) is 6.17. The summed E-state index contributed by atoms with van der Waals surface area (Å²) in [5.74, 6) is -0.907. The van der Waals surface area contributed by atoms with Gasteiger partial charge in [-0.05, 0) is 6.92 Å². The van der Waals surface area contributed by atoms with Crippen LogP contribution in [0.3, 0.4) is 0 Å². The Labute approximate surface area is 111 Å². The molecule has 0 aliphatic rings. The van der Waals surface area contributed by atoms with Crippen LogP contribution in [0.15, 0.2) is 6.33 Å². The average molecular weight is 269 g/mol. The van der Waals surface area contributed by atoms with Gasteiger partial charge in [0.2, 0.25) is 0 Å². The fourth-order valence-corrected chi connectivity index (χ4v) is 1.62. The predicted molar refractivity (Wildman–Crippen MR) is 67.4 cm³/mol. The number of carbonyl (C=O) groups excluding carboxylic acids is 1. The van der Waals surface area contributed by atoms with Crippen LogP contribution in [0, 0.1) is 5.92 Å². The van der Waals surface area contributed by atoms with Crippen molar-refractivity contribution in [2.24, 2.45) is 13.0 Å². The van der Waals surface area contributed by atoms with Gasteiger partial charge in [-0.3, -0.25) is 4.79 Å². The van der Waals surface area contributed by atoms with Gasteiger partial charge in [-0.1, -0.05) is 6.92 Å². The zero-order chi connectivity index (χ0) is 14.6. The normalized spacial score (nSPS) is 13.7. The highest BCUT2D eigenvalue weighted by Gasteiger charge is 2.20. The number of amides is 2. The van der Waals surface area contributed by atoms with E-state index in [1.807, 2.05) is 0 Å². The largest absolute Gasteiger partial charge is 0.481 e. The molecule has 0 saturated heterocycles. The highest BCUT2D eigenvalue weighted by atomic mass is 16.4. The molecule has 2 atom stereocenters. The number of carboxylic acids is 1. The van der Waals surface area contributed by atoms with Gasteiger partial charge >= 0.3 is 12.0 Å². The minimum Gasteiger partial charge on any atom is -0.481 e. The Morgan fingerprint density at radius 3 is 2.63 bits per heavy atom. The first-order valence-corrected chi connectivity index (χ1v) is 5.91. The van der Waals surface area contributed by atoms with Crippen LogP contribution in [0.25, 0.3) is 0 Å². The summed E-state index contributed by atoms with van der Waals surface area (Å²) >= 11 is 0. The van der Waals surface area contributed by atoms with E-state index in [9.17, 15) is 9.59 Å². The predicted octanol–water partition coefficient (Wildman–Crippen LogP) is 0.238. The molecule has 0 saturated carbocycles. The average Bonchev–Trinajstić information content (AvgIpc) is 2.74. The molecule has 8 heteroatoms. The molecule has 1 aromatic rings. The number of nitrogens with one attached hydrogen (secondary N) is 1. The van der Waals surface area contributed by atoms with Gasteiger partial charge in [-0.2, -0.15) is 0 Å². The van der Waals surface area contributed by atoms with Gasteiger partial charge in [-0.25, -0.2) is 4.79 Å². The molecule has 0 bridgehead atoms. The minimum atomic E-state index is -0.930. The highest BCUT2D eigenvalue weighted by molar-refractivity contribution is 5.76. The van der Waals surface area contributed by atoms with Crippen molar-refractivity contribution in [3.8, 4) is 0 Å².